The van der Waals surface area contributed by atoms with Crippen molar-refractivity contribution >= 4 is 29.0 Å². The SMILES string of the molecule is CCOc1c(F)cc(C=C2SC(=O)NC2=O)c(F)c1-c1cc2c(cc1C)C(C)(C)CCC2(C)C. The number of rotatable bonds is 4. The highest BCUT2D eigenvalue weighted by atomic mass is 32.2. The molecular formula is C27H29F2NO3S. The largest absolute Gasteiger partial charge is 0.490 e. The first-order valence-corrected chi connectivity index (χ1v) is 12.2. The van der Waals surface area contributed by atoms with Gasteiger partial charge in [0.1, 0.15) is 5.82 Å². The lowest BCUT2D eigenvalue weighted by atomic mass is 9.62. The number of aryl methyl sites for hydroxylation is 1. The van der Waals surface area contributed by atoms with Crippen LogP contribution in [0.4, 0.5) is 13.6 Å². The summed E-state index contributed by atoms with van der Waals surface area (Å²) in [5.74, 6) is -2.20. The molecule has 4 nitrogen and oxygen atoms in total. The van der Waals surface area contributed by atoms with Gasteiger partial charge >= 0.3 is 0 Å². The van der Waals surface area contributed by atoms with Gasteiger partial charge < -0.3 is 4.74 Å². The van der Waals surface area contributed by atoms with Crippen LogP contribution in [0.3, 0.4) is 0 Å². The highest BCUT2D eigenvalue weighted by molar-refractivity contribution is 8.18. The molecule has 0 atom stereocenters. The molecular weight excluding hydrogens is 456 g/mol. The molecule has 0 aromatic heterocycles. The number of thioether (sulfide) groups is 1. The van der Waals surface area contributed by atoms with E-state index >= 15 is 8.78 Å². The van der Waals surface area contributed by atoms with Gasteiger partial charge in [-0.15, -0.1) is 0 Å². The number of carbonyl (C=O) groups excluding carboxylic acids is 2. The Morgan fingerprint density at radius 3 is 2.24 bits per heavy atom. The van der Waals surface area contributed by atoms with Gasteiger partial charge in [0.25, 0.3) is 11.1 Å². The molecule has 1 heterocycles. The number of hydrogen-bond acceptors (Lipinski definition) is 4. The van der Waals surface area contributed by atoms with E-state index in [1.54, 1.807) is 6.92 Å². The van der Waals surface area contributed by atoms with Gasteiger partial charge in [0.2, 0.25) is 0 Å². The summed E-state index contributed by atoms with van der Waals surface area (Å²) < 4.78 is 36.9. The van der Waals surface area contributed by atoms with Crippen LogP contribution in [0.2, 0.25) is 0 Å². The van der Waals surface area contributed by atoms with Gasteiger partial charge in [0, 0.05) is 5.56 Å². The zero-order chi connectivity index (χ0) is 25.0. The molecule has 34 heavy (non-hydrogen) atoms. The van der Waals surface area contributed by atoms with Crippen LogP contribution in [0.1, 0.15) is 69.7 Å². The average Bonchev–Trinajstić information content (AvgIpc) is 3.06. The average molecular weight is 486 g/mol. The molecule has 1 aliphatic heterocycles. The third-order valence-corrected chi connectivity index (χ3v) is 7.69. The minimum absolute atomic E-state index is 0.0171. The molecule has 0 spiro atoms. The quantitative estimate of drug-likeness (QED) is 0.473. The van der Waals surface area contributed by atoms with E-state index < -0.39 is 22.8 Å². The lowest BCUT2D eigenvalue weighted by Crippen LogP contribution is -2.34. The molecule has 0 radical (unpaired) electrons. The van der Waals surface area contributed by atoms with Crippen molar-refractivity contribution in [3.8, 4) is 16.9 Å². The highest BCUT2D eigenvalue weighted by Gasteiger charge is 2.38. The molecule has 1 saturated heterocycles. The van der Waals surface area contributed by atoms with Crippen molar-refractivity contribution in [2.45, 2.75) is 65.2 Å². The van der Waals surface area contributed by atoms with Gasteiger partial charge in [-0.1, -0.05) is 33.8 Å². The number of halogens is 2. The van der Waals surface area contributed by atoms with Crippen molar-refractivity contribution in [3.05, 3.63) is 57.0 Å². The van der Waals surface area contributed by atoms with Gasteiger partial charge in [-0.2, -0.15) is 0 Å². The van der Waals surface area contributed by atoms with E-state index in [1.165, 1.54) is 11.6 Å². The summed E-state index contributed by atoms with van der Waals surface area (Å²) in [6.07, 6.45) is 3.24. The number of ether oxygens (including phenoxy) is 1. The van der Waals surface area contributed by atoms with E-state index in [2.05, 4.69) is 39.1 Å². The van der Waals surface area contributed by atoms with Gasteiger partial charge in [-0.25, -0.2) is 8.78 Å². The van der Waals surface area contributed by atoms with Gasteiger partial charge in [-0.3, -0.25) is 14.9 Å². The molecule has 0 saturated carbocycles. The second-order valence-corrected chi connectivity index (χ2v) is 11.2. The Kier molecular flexibility index (Phi) is 6.13. The van der Waals surface area contributed by atoms with Crippen LogP contribution in [0.25, 0.3) is 17.2 Å². The van der Waals surface area contributed by atoms with Crippen LogP contribution in [0.5, 0.6) is 5.75 Å². The van der Waals surface area contributed by atoms with Crippen molar-refractivity contribution in [3.63, 3.8) is 0 Å². The molecule has 4 rings (SSSR count). The number of amides is 2. The van der Waals surface area contributed by atoms with E-state index in [1.807, 2.05) is 13.0 Å². The molecule has 1 fully saturated rings. The third kappa shape index (κ3) is 4.15. The molecule has 2 aromatic carbocycles. The molecule has 1 aliphatic carbocycles. The fraction of sp³-hybridized carbons (Fsp3) is 0.407. The molecule has 0 unspecified atom stereocenters. The number of imide groups is 1. The summed E-state index contributed by atoms with van der Waals surface area (Å²) in [4.78, 5) is 23.5. The summed E-state index contributed by atoms with van der Waals surface area (Å²) in [6.45, 7) is 12.6. The summed E-state index contributed by atoms with van der Waals surface area (Å²) >= 11 is 0.662. The third-order valence-electron chi connectivity index (χ3n) is 6.88. The van der Waals surface area contributed by atoms with Crippen LogP contribution >= 0.6 is 11.8 Å². The number of hydrogen-bond donors (Lipinski definition) is 1. The Morgan fingerprint density at radius 1 is 1.06 bits per heavy atom. The lowest BCUT2D eigenvalue weighted by Gasteiger charge is -2.42. The van der Waals surface area contributed by atoms with E-state index in [-0.39, 0.29) is 39.2 Å². The first-order chi connectivity index (χ1) is 15.9. The van der Waals surface area contributed by atoms with E-state index in [9.17, 15) is 9.59 Å². The zero-order valence-corrected chi connectivity index (χ0v) is 21.1. The second-order valence-electron chi connectivity index (χ2n) is 10.2. The molecule has 2 aromatic rings. The molecule has 2 amide bonds. The maximum atomic E-state index is 16.0. The topological polar surface area (TPSA) is 55.4 Å². The maximum Gasteiger partial charge on any atom is 0.290 e. The smallest absolute Gasteiger partial charge is 0.290 e. The fourth-order valence-electron chi connectivity index (χ4n) is 4.81. The number of benzene rings is 2. The van der Waals surface area contributed by atoms with Crippen LogP contribution in [-0.2, 0) is 15.6 Å². The molecule has 1 N–H and O–H groups in total. The molecule has 2 aliphatic rings. The van der Waals surface area contributed by atoms with Gasteiger partial charge in [-0.05, 0) is 89.7 Å². The highest BCUT2D eigenvalue weighted by Crippen LogP contribution is 2.49. The van der Waals surface area contributed by atoms with Crippen molar-refractivity contribution in [2.75, 3.05) is 6.61 Å². The monoisotopic (exact) mass is 485 g/mol. The number of fused-ring (bicyclic) bond motifs is 1. The molecule has 7 heteroatoms. The van der Waals surface area contributed by atoms with Crippen molar-refractivity contribution in [2.24, 2.45) is 0 Å². The molecule has 180 valence electrons. The van der Waals surface area contributed by atoms with E-state index in [4.69, 9.17) is 4.74 Å². The fourth-order valence-corrected chi connectivity index (χ4v) is 5.49. The van der Waals surface area contributed by atoms with E-state index in [0.717, 1.165) is 30.0 Å². The minimum Gasteiger partial charge on any atom is -0.490 e. The van der Waals surface area contributed by atoms with Crippen LogP contribution in [-0.4, -0.2) is 17.8 Å². The Balaban J connectivity index is 1.99. The van der Waals surface area contributed by atoms with Crippen molar-refractivity contribution in [1.82, 2.24) is 5.32 Å². The standard InChI is InChI=1S/C27H29F2NO3S/c1-7-33-23-19(28)11-15(12-20-24(31)30-25(32)34-20)22(29)21(23)16-13-18-17(10-14(16)2)26(3,4)8-9-27(18,5)6/h10-13H,7-9H2,1-6H3,(H,30,31,32). The molecule has 0 bridgehead atoms. The first kappa shape index (κ1) is 24.5. The predicted molar refractivity (Wildman–Crippen MR) is 132 cm³/mol. The normalized spacial score (nSPS) is 19.8. The summed E-state index contributed by atoms with van der Waals surface area (Å²) in [5.41, 5.74) is 3.49. The maximum absolute atomic E-state index is 16.0. The summed E-state index contributed by atoms with van der Waals surface area (Å²) in [5, 5.41) is 1.59. The van der Waals surface area contributed by atoms with E-state index in [0.29, 0.717) is 17.3 Å². The predicted octanol–water partition coefficient (Wildman–Crippen LogP) is 7.01. The Hall–Kier alpha value is -2.67. The van der Waals surface area contributed by atoms with Crippen molar-refractivity contribution < 1.29 is 23.1 Å². The lowest BCUT2D eigenvalue weighted by molar-refractivity contribution is -0.115. The Morgan fingerprint density at radius 2 is 1.68 bits per heavy atom. The minimum atomic E-state index is -0.725. The van der Waals surface area contributed by atoms with Crippen LogP contribution in [0, 0.1) is 18.6 Å². The summed E-state index contributed by atoms with van der Waals surface area (Å²) in [7, 11) is 0. The zero-order valence-electron chi connectivity index (χ0n) is 20.3. The Bertz CT molecular complexity index is 1250. The number of nitrogens with one attached hydrogen (secondary N) is 1. The van der Waals surface area contributed by atoms with Crippen molar-refractivity contribution in [1.29, 1.82) is 0 Å². The van der Waals surface area contributed by atoms with Crippen LogP contribution in [0.15, 0.2) is 23.1 Å². The second kappa shape index (κ2) is 8.52. The number of carbonyl (C=O) groups is 2. The first-order valence-electron chi connectivity index (χ1n) is 11.4. The Labute approximate surface area is 203 Å². The van der Waals surface area contributed by atoms with Gasteiger partial charge in [0.15, 0.2) is 11.6 Å². The van der Waals surface area contributed by atoms with Gasteiger partial charge in [0.05, 0.1) is 17.1 Å². The van der Waals surface area contributed by atoms with Crippen LogP contribution < -0.4 is 10.1 Å². The summed E-state index contributed by atoms with van der Waals surface area (Å²) in [6, 6.07) is 5.07.